The zero-order chi connectivity index (χ0) is 19.3. The van der Waals surface area contributed by atoms with Crippen molar-refractivity contribution in [2.45, 2.75) is 32.4 Å². The van der Waals surface area contributed by atoms with Gasteiger partial charge >= 0.3 is 0 Å². The zero-order valence-electron chi connectivity index (χ0n) is 15.8. The molecule has 1 heterocycles. The third-order valence-electron chi connectivity index (χ3n) is 4.19. The van der Waals surface area contributed by atoms with Crippen LogP contribution in [-0.4, -0.2) is 63.6 Å². The second kappa shape index (κ2) is 8.62. The smallest absolute Gasteiger partial charge is 0.254 e. The van der Waals surface area contributed by atoms with Gasteiger partial charge in [0.25, 0.3) is 5.91 Å². The van der Waals surface area contributed by atoms with Crippen molar-refractivity contribution in [3.63, 3.8) is 0 Å². The van der Waals surface area contributed by atoms with Gasteiger partial charge in [0.2, 0.25) is 5.75 Å². The molecule has 8 heteroatoms. The van der Waals surface area contributed by atoms with E-state index in [4.69, 9.17) is 14.2 Å². The third-order valence-corrected chi connectivity index (χ3v) is 5.79. The Hall–Kier alpha value is -1.96. The van der Waals surface area contributed by atoms with Crippen LogP contribution in [0.5, 0.6) is 17.2 Å². The van der Waals surface area contributed by atoms with Crippen LogP contribution in [0.1, 0.15) is 37.6 Å². The van der Waals surface area contributed by atoms with E-state index < -0.39 is 15.1 Å². The van der Waals surface area contributed by atoms with Gasteiger partial charge in [0, 0.05) is 24.9 Å². The van der Waals surface area contributed by atoms with Gasteiger partial charge in [-0.2, -0.15) is 0 Å². The first-order chi connectivity index (χ1) is 12.3. The largest absolute Gasteiger partial charge is 0.490 e. The molecule has 0 saturated carbocycles. The van der Waals surface area contributed by atoms with E-state index in [0.29, 0.717) is 55.6 Å². The molecule has 1 unspecified atom stereocenters. The molecule has 26 heavy (non-hydrogen) atoms. The van der Waals surface area contributed by atoms with E-state index in [9.17, 15) is 13.2 Å². The number of nitrogens with zero attached hydrogens (tertiary/aromatic N) is 1. The highest BCUT2D eigenvalue weighted by Crippen LogP contribution is 2.39. The van der Waals surface area contributed by atoms with Crippen molar-refractivity contribution >= 4 is 15.7 Å². The summed E-state index contributed by atoms with van der Waals surface area (Å²) >= 11 is 0. The molecule has 0 spiro atoms. The second-order valence-electron chi connectivity index (χ2n) is 6.09. The van der Waals surface area contributed by atoms with E-state index in [1.165, 1.54) is 6.26 Å². The predicted molar refractivity (Wildman–Crippen MR) is 99.1 cm³/mol. The van der Waals surface area contributed by atoms with Gasteiger partial charge < -0.3 is 19.1 Å². The van der Waals surface area contributed by atoms with Crippen LogP contribution in [0.25, 0.3) is 0 Å². The molecule has 1 aromatic carbocycles. The van der Waals surface area contributed by atoms with Gasteiger partial charge in [-0.15, -0.1) is 0 Å². The molecule has 7 nitrogen and oxygen atoms in total. The van der Waals surface area contributed by atoms with E-state index in [1.807, 2.05) is 20.8 Å². The molecule has 0 radical (unpaired) electrons. The molecule has 0 bridgehead atoms. The number of hydrogen-bond donors (Lipinski definition) is 0. The number of carbonyl (C=O) groups excluding carboxylic acids is 1. The van der Waals surface area contributed by atoms with Crippen LogP contribution in [0.3, 0.4) is 0 Å². The van der Waals surface area contributed by atoms with Crippen molar-refractivity contribution in [2.75, 3.05) is 39.2 Å². The number of likely N-dealkylation sites (tertiary alicyclic amines) is 1. The number of sulfone groups is 1. The van der Waals surface area contributed by atoms with Crippen molar-refractivity contribution in [3.8, 4) is 17.2 Å². The topological polar surface area (TPSA) is 82.1 Å². The standard InChI is InChI=1S/C18H27NO6S/c1-5-23-15-10-13(11-16(24-6-2)17(15)25-7-3)18(20)19-9-8-14(12-19)26(4,21)22/h10-11,14H,5-9,12H2,1-4H3. The van der Waals surface area contributed by atoms with E-state index in [0.717, 1.165) is 0 Å². The summed E-state index contributed by atoms with van der Waals surface area (Å²) < 4.78 is 40.4. The lowest BCUT2D eigenvalue weighted by Crippen LogP contribution is -2.31. The molecule has 1 fully saturated rings. The fourth-order valence-electron chi connectivity index (χ4n) is 2.96. The molecule has 1 saturated heterocycles. The first-order valence-electron chi connectivity index (χ1n) is 8.86. The number of ether oxygens (including phenoxy) is 3. The highest BCUT2D eigenvalue weighted by Gasteiger charge is 2.33. The highest BCUT2D eigenvalue weighted by molar-refractivity contribution is 7.91. The number of carbonyl (C=O) groups is 1. The summed E-state index contributed by atoms with van der Waals surface area (Å²) in [6.45, 7) is 7.46. The van der Waals surface area contributed by atoms with E-state index in [2.05, 4.69) is 0 Å². The maximum absolute atomic E-state index is 12.9. The SMILES string of the molecule is CCOc1cc(C(=O)N2CCC(S(C)(=O)=O)C2)cc(OCC)c1OCC. The van der Waals surface area contributed by atoms with Gasteiger partial charge in [-0.3, -0.25) is 4.79 Å². The van der Waals surface area contributed by atoms with Crippen LogP contribution in [0.4, 0.5) is 0 Å². The van der Waals surface area contributed by atoms with Crippen LogP contribution in [0, 0.1) is 0 Å². The van der Waals surface area contributed by atoms with Crippen molar-refractivity contribution in [1.29, 1.82) is 0 Å². The number of hydrogen-bond acceptors (Lipinski definition) is 6. The average molecular weight is 385 g/mol. The minimum Gasteiger partial charge on any atom is -0.490 e. The summed E-state index contributed by atoms with van der Waals surface area (Å²) in [7, 11) is -3.16. The second-order valence-corrected chi connectivity index (χ2v) is 8.42. The van der Waals surface area contributed by atoms with Crippen LogP contribution >= 0.6 is 0 Å². The number of benzene rings is 1. The summed E-state index contributed by atoms with van der Waals surface area (Å²) in [6.07, 6.45) is 1.67. The Labute approximate surface area is 155 Å². The zero-order valence-corrected chi connectivity index (χ0v) is 16.6. The Morgan fingerprint density at radius 2 is 1.62 bits per heavy atom. The van der Waals surface area contributed by atoms with E-state index >= 15 is 0 Å². The lowest BCUT2D eigenvalue weighted by atomic mass is 10.1. The Morgan fingerprint density at radius 3 is 2.04 bits per heavy atom. The van der Waals surface area contributed by atoms with Gasteiger partial charge in [0.1, 0.15) is 0 Å². The molecule has 0 N–H and O–H groups in total. The Morgan fingerprint density at radius 1 is 1.08 bits per heavy atom. The van der Waals surface area contributed by atoms with Gasteiger partial charge in [-0.05, 0) is 39.3 Å². The maximum atomic E-state index is 12.9. The monoisotopic (exact) mass is 385 g/mol. The van der Waals surface area contributed by atoms with E-state index in [1.54, 1.807) is 17.0 Å². The minimum absolute atomic E-state index is 0.207. The average Bonchev–Trinajstić information content (AvgIpc) is 3.07. The van der Waals surface area contributed by atoms with Crippen LogP contribution < -0.4 is 14.2 Å². The summed E-state index contributed by atoms with van der Waals surface area (Å²) in [5.41, 5.74) is 0.398. The fraction of sp³-hybridized carbons (Fsp3) is 0.611. The molecule has 1 aliphatic heterocycles. The predicted octanol–water partition coefficient (Wildman–Crippen LogP) is 2.14. The van der Waals surface area contributed by atoms with E-state index in [-0.39, 0.29) is 12.5 Å². The maximum Gasteiger partial charge on any atom is 0.254 e. The van der Waals surface area contributed by atoms with Crippen LogP contribution in [-0.2, 0) is 9.84 Å². The lowest BCUT2D eigenvalue weighted by Gasteiger charge is -2.20. The van der Waals surface area contributed by atoms with Crippen molar-refractivity contribution in [3.05, 3.63) is 17.7 Å². The molecule has 1 atom stereocenters. The van der Waals surface area contributed by atoms with Crippen molar-refractivity contribution < 1.29 is 27.4 Å². The quantitative estimate of drug-likeness (QED) is 0.682. The van der Waals surface area contributed by atoms with Gasteiger partial charge in [-0.1, -0.05) is 0 Å². The summed E-state index contributed by atoms with van der Waals surface area (Å²) in [4.78, 5) is 14.4. The Kier molecular flexibility index (Phi) is 6.75. The molecule has 0 aromatic heterocycles. The molecule has 1 amide bonds. The Balaban J connectivity index is 2.34. The summed E-state index contributed by atoms with van der Waals surface area (Å²) in [6, 6.07) is 3.26. The molecular formula is C18H27NO6S. The molecule has 146 valence electrons. The Bertz CT molecular complexity index is 719. The molecule has 0 aliphatic carbocycles. The fourth-order valence-corrected chi connectivity index (χ4v) is 3.94. The van der Waals surface area contributed by atoms with Crippen molar-refractivity contribution in [2.24, 2.45) is 0 Å². The first-order valence-corrected chi connectivity index (χ1v) is 10.8. The van der Waals surface area contributed by atoms with Gasteiger partial charge in [0.15, 0.2) is 21.3 Å². The van der Waals surface area contributed by atoms with Gasteiger partial charge in [-0.25, -0.2) is 8.42 Å². The first kappa shape index (κ1) is 20.4. The number of amides is 1. The molecule has 2 rings (SSSR count). The van der Waals surface area contributed by atoms with Gasteiger partial charge in [0.05, 0.1) is 25.1 Å². The van der Waals surface area contributed by atoms with Crippen LogP contribution in [0.2, 0.25) is 0 Å². The minimum atomic E-state index is -3.16. The summed E-state index contributed by atoms with van der Waals surface area (Å²) in [5.74, 6) is 1.13. The number of rotatable bonds is 8. The third kappa shape index (κ3) is 4.60. The molecular weight excluding hydrogens is 358 g/mol. The van der Waals surface area contributed by atoms with Crippen molar-refractivity contribution in [1.82, 2.24) is 4.90 Å². The highest BCUT2D eigenvalue weighted by atomic mass is 32.2. The van der Waals surface area contributed by atoms with Crippen LogP contribution in [0.15, 0.2) is 12.1 Å². The summed E-state index contributed by atoms with van der Waals surface area (Å²) in [5, 5.41) is -0.508. The normalized spacial score (nSPS) is 17.2. The molecule has 1 aliphatic rings. The molecule has 1 aromatic rings. The lowest BCUT2D eigenvalue weighted by molar-refractivity contribution is 0.0792.